The Kier molecular flexibility index (Phi) is 6.02. The van der Waals surface area contributed by atoms with Crippen LogP contribution in [0.3, 0.4) is 0 Å². The van der Waals surface area contributed by atoms with Crippen LogP contribution in [0.2, 0.25) is 0 Å². The van der Waals surface area contributed by atoms with Crippen molar-refractivity contribution >= 4 is 18.0 Å². The molecule has 0 radical (unpaired) electrons. The highest BCUT2D eigenvalue weighted by Crippen LogP contribution is 2.26. The smallest absolute Gasteiger partial charge is 0.212 e. The minimum Gasteiger partial charge on any atom is -0.497 e. The third kappa shape index (κ3) is 4.73. The van der Waals surface area contributed by atoms with Gasteiger partial charge < -0.3 is 4.74 Å². The first-order valence-electron chi connectivity index (χ1n) is 9.19. The zero-order valence-electron chi connectivity index (χ0n) is 16.0. The summed E-state index contributed by atoms with van der Waals surface area (Å²) in [4.78, 5) is 0. The predicted molar refractivity (Wildman–Crippen MR) is 117 cm³/mol. The van der Waals surface area contributed by atoms with Gasteiger partial charge in [0.2, 0.25) is 5.16 Å². The van der Waals surface area contributed by atoms with Crippen LogP contribution in [0, 0.1) is 0 Å². The average Bonchev–Trinajstić information content (AvgIpc) is 3.20. The second-order valence-corrected chi connectivity index (χ2v) is 7.22. The predicted octanol–water partition coefficient (Wildman–Crippen LogP) is 5.13. The summed E-state index contributed by atoms with van der Waals surface area (Å²) in [5.41, 5.74) is 3.17. The van der Waals surface area contributed by atoms with Crippen molar-refractivity contribution in [2.24, 2.45) is 5.10 Å². The van der Waals surface area contributed by atoms with E-state index >= 15 is 0 Å². The molecule has 0 atom stereocenters. The molecule has 29 heavy (non-hydrogen) atoms. The lowest BCUT2D eigenvalue weighted by Crippen LogP contribution is -1.97. The van der Waals surface area contributed by atoms with E-state index in [4.69, 9.17) is 4.74 Å². The van der Waals surface area contributed by atoms with Crippen molar-refractivity contribution in [3.63, 3.8) is 0 Å². The molecule has 0 bridgehead atoms. The number of rotatable bonds is 7. The van der Waals surface area contributed by atoms with E-state index in [1.807, 2.05) is 79.0 Å². The number of hydrogen-bond donors (Lipinski definition) is 0. The Balaban J connectivity index is 1.64. The maximum atomic E-state index is 5.22. The van der Waals surface area contributed by atoms with Crippen LogP contribution in [0.1, 0.15) is 11.1 Å². The largest absolute Gasteiger partial charge is 0.497 e. The first-order valence-corrected chi connectivity index (χ1v) is 10.2. The fraction of sp³-hybridized carbons (Fsp3) is 0.0870. The van der Waals surface area contributed by atoms with Crippen LogP contribution in [-0.4, -0.2) is 28.2 Å². The molecule has 0 aliphatic carbocycles. The van der Waals surface area contributed by atoms with Crippen molar-refractivity contribution < 1.29 is 4.74 Å². The minimum atomic E-state index is 0.714. The number of ether oxygens (including phenoxy) is 1. The van der Waals surface area contributed by atoms with E-state index in [0.717, 1.165) is 27.8 Å². The summed E-state index contributed by atoms with van der Waals surface area (Å²) in [6, 6.07) is 28.0. The Bertz CT molecular complexity index is 1080. The molecular weight excluding hydrogens is 380 g/mol. The summed E-state index contributed by atoms with van der Waals surface area (Å²) >= 11 is 1.61. The summed E-state index contributed by atoms with van der Waals surface area (Å²) in [6.45, 7) is 0. The van der Waals surface area contributed by atoms with Crippen molar-refractivity contribution in [1.29, 1.82) is 0 Å². The quantitative estimate of drug-likeness (QED) is 0.319. The van der Waals surface area contributed by atoms with Gasteiger partial charge in [-0.25, -0.2) is 0 Å². The van der Waals surface area contributed by atoms with E-state index in [1.165, 1.54) is 5.56 Å². The van der Waals surface area contributed by atoms with Gasteiger partial charge in [-0.1, -0.05) is 72.4 Å². The van der Waals surface area contributed by atoms with Crippen molar-refractivity contribution in [2.45, 2.75) is 10.9 Å². The number of methoxy groups -OCH3 is 1. The van der Waals surface area contributed by atoms with Crippen LogP contribution < -0.4 is 4.74 Å². The second-order valence-electron chi connectivity index (χ2n) is 6.28. The molecule has 1 heterocycles. The zero-order valence-corrected chi connectivity index (χ0v) is 16.8. The van der Waals surface area contributed by atoms with E-state index in [9.17, 15) is 0 Å². The molecule has 0 unspecified atom stereocenters. The van der Waals surface area contributed by atoms with Crippen molar-refractivity contribution in [2.75, 3.05) is 7.11 Å². The fourth-order valence-electron chi connectivity index (χ4n) is 2.76. The molecule has 0 saturated carbocycles. The highest BCUT2D eigenvalue weighted by atomic mass is 32.2. The molecule has 0 fully saturated rings. The molecule has 144 valence electrons. The van der Waals surface area contributed by atoms with Crippen molar-refractivity contribution in [3.8, 4) is 17.1 Å². The normalized spacial score (nSPS) is 11.1. The second kappa shape index (κ2) is 9.21. The Morgan fingerprint density at radius 1 is 0.897 bits per heavy atom. The van der Waals surface area contributed by atoms with Gasteiger partial charge in [0, 0.05) is 11.3 Å². The molecule has 0 N–H and O–H groups in total. The monoisotopic (exact) mass is 400 g/mol. The fourth-order valence-corrected chi connectivity index (χ4v) is 3.61. The molecule has 0 amide bonds. The van der Waals surface area contributed by atoms with Gasteiger partial charge in [-0.2, -0.15) is 9.78 Å². The molecule has 1 aromatic heterocycles. The number of aromatic nitrogens is 3. The minimum absolute atomic E-state index is 0.714. The first-order chi connectivity index (χ1) is 14.3. The summed E-state index contributed by atoms with van der Waals surface area (Å²) in [5, 5.41) is 14.2. The summed E-state index contributed by atoms with van der Waals surface area (Å²) in [5.74, 6) is 2.33. The van der Waals surface area contributed by atoms with Gasteiger partial charge in [0.25, 0.3) is 0 Å². The highest BCUT2D eigenvalue weighted by Gasteiger charge is 2.14. The van der Waals surface area contributed by atoms with Gasteiger partial charge in [-0.15, -0.1) is 10.2 Å². The standard InChI is InChI=1S/C23H20N4OS/c1-28-21-14-12-18(13-15-21)16-24-27-22(20-10-6-3-7-11-20)25-26-23(27)29-17-19-8-4-2-5-9-19/h2-16H,17H2,1H3/b24-16+. The molecule has 0 spiro atoms. The van der Waals surface area contributed by atoms with Gasteiger partial charge in [0.15, 0.2) is 5.82 Å². The van der Waals surface area contributed by atoms with Gasteiger partial charge in [-0.3, -0.25) is 0 Å². The van der Waals surface area contributed by atoms with Crippen molar-refractivity contribution in [3.05, 3.63) is 96.1 Å². The van der Waals surface area contributed by atoms with Gasteiger partial charge in [0.1, 0.15) is 5.75 Å². The van der Waals surface area contributed by atoms with Crippen LogP contribution in [0.25, 0.3) is 11.4 Å². The zero-order chi connectivity index (χ0) is 19.9. The first kappa shape index (κ1) is 19.0. The topological polar surface area (TPSA) is 52.3 Å². The average molecular weight is 401 g/mol. The van der Waals surface area contributed by atoms with E-state index < -0.39 is 0 Å². The van der Waals surface area contributed by atoms with Crippen LogP contribution >= 0.6 is 11.8 Å². The maximum absolute atomic E-state index is 5.22. The molecule has 0 aliphatic rings. The lowest BCUT2D eigenvalue weighted by Gasteiger charge is -2.05. The van der Waals surface area contributed by atoms with E-state index in [2.05, 4.69) is 27.4 Å². The third-order valence-corrected chi connectivity index (χ3v) is 5.28. The molecule has 0 aliphatic heterocycles. The number of thioether (sulfide) groups is 1. The Labute approximate surface area is 174 Å². The van der Waals surface area contributed by atoms with E-state index in [1.54, 1.807) is 23.5 Å². The summed E-state index contributed by atoms with van der Waals surface area (Å²) in [7, 11) is 1.66. The number of benzene rings is 3. The van der Waals surface area contributed by atoms with E-state index in [-0.39, 0.29) is 0 Å². The number of nitrogens with zero attached hydrogens (tertiary/aromatic N) is 4. The molecule has 3 aromatic carbocycles. The lowest BCUT2D eigenvalue weighted by atomic mass is 10.2. The molecule has 4 aromatic rings. The van der Waals surface area contributed by atoms with Crippen LogP contribution in [0.15, 0.2) is 95.2 Å². The molecular formula is C23H20N4OS. The maximum Gasteiger partial charge on any atom is 0.212 e. The van der Waals surface area contributed by atoms with Crippen LogP contribution in [0.4, 0.5) is 0 Å². The Morgan fingerprint density at radius 3 is 2.28 bits per heavy atom. The SMILES string of the molecule is COc1ccc(/C=N/n2c(SCc3ccccc3)nnc2-c2ccccc2)cc1. The van der Waals surface area contributed by atoms with Crippen molar-refractivity contribution in [1.82, 2.24) is 14.9 Å². The molecule has 4 rings (SSSR count). The Morgan fingerprint density at radius 2 is 1.59 bits per heavy atom. The summed E-state index contributed by atoms with van der Waals surface area (Å²) in [6.07, 6.45) is 1.81. The number of hydrogen-bond acceptors (Lipinski definition) is 5. The van der Waals surface area contributed by atoms with Gasteiger partial charge in [0.05, 0.1) is 13.3 Å². The summed E-state index contributed by atoms with van der Waals surface area (Å²) < 4.78 is 7.02. The molecule has 6 heteroatoms. The van der Waals surface area contributed by atoms with Gasteiger partial charge >= 0.3 is 0 Å². The van der Waals surface area contributed by atoms with Crippen LogP contribution in [0.5, 0.6) is 5.75 Å². The molecule has 0 saturated heterocycles. The lowest BCUT2D eigenvalue weighted by molar-refractivity contribution is 0.415. The third-order valence-electron chi connectivity index (χ3n) is 4.29. The van der Waals surface area contributed by atoms with Crippen LogP contribution in [-0.2, 0) is 5.75 Å². The van der Waals surface area contributed by atoms with Gasteiger partial charge in [-0.05, 0) is 35.4 Å². The van der Waals surface area contributed by atoms with E-state index in [0.29, 0.717) is 5.82 Å². The Hall–Kier alpha value is -3.38. The molecule has 5 nitrogen and oxygen atoms in total. The highest BCUT2D eigenvalue weighted by molar-refractivity contribution is 7.98.